The van der Waals surface area contributed by atoms with Gasteiger partial charge in [0.2, 0.25) is 0 Å². The topological polar surface area (TPSA) is 0 Å². The quantitative estimate of drug-likeness (QED) is 0.116. The minimum absolute atomic E-state index is 0.134. The third-order valence-corrected chi connectivity index (χ3v) is 8.93. The Morgan fingerprint density at radius 1 is 0.558 bits per heavy atom. The van der Waals surface area contributed by atoms with Crippen molar-refractivity contribution in [2.24, 2.45) is 11.8 Å². The second-order valence-corrected chi connectivity index (χ2v) is 21.4. The van der Waals surface area contributed by atoms with Crippen molar-refractivity contribution in [3.63, 3.8) is 0 Å². The first-order valence-corrected chi connectivity index (χ1v) is 27.0. The van der Waals surface area contributed by atoms with Crippen LogP contribution in [0.4, 0.5) is 0 Å². The summed E-state index contributed by atoms with van der Waals surface area (Å²) in [4.78, 5) is 0. The number of hydrogen-bond donors (Lipinski definition) is 0. The molecule has 0 unspecified atom stereocenters. The van der Waals surface area contributed by atoms with Gasteiger partial charge in [0.05, 0.1) is 0 Å². The zero-order valence-corrected chi connectivity index (χ0v) is 38.7. The monoisotopic (exact) mass is 824 g/mol. The van der Waals surface area contributed by atoms with E-state index in [1.807, 2.05) is 0 Å². The molecule has 0 aromatic heterocycles. The van der Waals surface area contributed by atoms with E-state index in [4.69, 9.17) is 17.0 Å². The number of halogens is 2. The number of hydrogen-bond acceptors (Lipinski definition) is 0. The van der Waals surface area contributed by atoms with Gasteiger partial charge >= 0.3 is 37.9 Å². The molecule has 0 nitrogen and oxygen atoms in total. The third kappa shape index (κ3) is 12.4. The van der Waals surface area contributed by atoms with E-state index in [-0.39, 0.29) is 10.8 Å². The predicted molar refractivity (Wildman–Crippen MR) is 234 cm³/mol. The van der Waals surface area contributed by atoms with Crippen LogP contribution in [0.1, 0.15) is 91.5 Å². The van der Waals surface area contributed by atoms with Crippen LogP contribution in [0, 0.1) is 11.8 Å². The molecule has 0 N–H and O–H groups in total. The molecule has 0 heterocycles. The third-order valence-electron chi connectivity index (χ3n) is 8.93. The van der Waals surface area contributed by atoms with Crippen LogP contribution in [-0.2, 0) is 44.5 Å². The Hall–Kier alpha value is -2.22. The molecular weight excluding hydrogens is 767 g/mol. The van der Waals surface area contributed by atoms with E-state index in [1.165, 1.54) is 66.1 Å². The maximum atomic E-state index is 4.93. The van der Waals surface area contributed by atoms with Crippen LogP contribution < -0.4 is 0 Å². The first-order valence-electron chi connectivity index (χ1n) is 18.7. The summed E-state index contributed by atoms with van der Waals surface area (Å²) in [5.74, 6) is 1.38. The molecule has 0 amide bonds. The van der Waals surface area contributed by atoms with Crippen LogP contribution in [0.2, 0.25) is 13.1 Å². The number of fused-ring (bicyclic) bond motifs is 2. The second kappa shape index (κ2) is 20.5. The summed E-state index contributed by atoms with van der Waals surface area (Å²) in [6.07, 6.45) is 2.29. The fraction of sp³-hybridized carbons (Fsp3) is 0.375. The molecular formula is C48H60Cl2SiZr. The summed E-state index contributed by atoms with van der Waals surface area (Å²) >= 11 is -0.826. The van der Waals surface area contributed by atoms with Crippen LogP contribution in [-0.4, -0.2) is 9.52 Å². The van der Waals surface area contributed by atoms with Crippen LogP contribution >= 0.6 is 17.0 Å². The Morgan fingerprint density at radius 2 is 0.865 bits per heavy atom. The Morgan fingerprint density at radius 3 is 1.13 bits per heavy atom. The van der Waals surface area contributed by atoms with Crippen LogP contribution in [0.15, 0.2) is 109 Å². The molecule has 274 valence electrons. The van der Waals surface area contributed by atoms with Crippen LogP contribution in [0.25, 0.3) is 43.8 Å². The Kier molecular flexibility index (Phi) is 17.4. The molecule has 0 spiro atoms. The van der Waals surface area contributed by atoms with E-state index < -0.39 is 20.8 Å². The summed E-state index contributed by atoms with van der Waals surface area (Å²) in [5.41, 5.74) is 11.5. The predicted octanol–water partition coefficient (Wildman–Crippen LogP) is 15.6. The molecule has 6 aromatic carbocycles. The summed E-state index contributed by atoms with van der Waals surface area (Å²) in [6.45, 7) is 27.3. The van der Waals surface area contributed by atoms with E-state index in [0.717, 1.165) is 22.4 Å². The zero-order valence-electron chi connectivity index (χ0n) is 33.7. The molecule has 0 aliphatic rings. The average Bonchev–Trinajstić information content (AvgIpc) is 3.67. The van der Waals surface area contributed by atoms with Crippen molar-refractivity contribution >= 4 is 48.1 Å². The van der Waals surface area contributed by atoms with E-state index >= 15 is 0 Å². The molecule has 0 saturated carbocycles. The van der Waals surface area contributed by atoms with Gasteiger partial charge in [0.25, 0.3) is 0 Å². The molecule has 2 radical (unpaired) electrons. The summed E-state index contributed by atoms with van der Waals surface area (Å²) < 4.78 is 0. The first kappa shape index (κ1) is 44.2. The van der Waals surface area contributed by atoms with E-state index in [0.29, 0.717) is 11.8 Å². The second-order valence-electron chi connectivity index (χ2n) is 16.7. The molecule has 0 saturated heterocycles. The van der Waals surface area contributed by atoms with Crippen molar-refractivity contribution < 1.29 is 20.8 Å². The van der Waals surface area contributed by atoms with E-state index in [1.54, 1.807) is 0 Å². The van der Waals surface area contributed by atoms with Crippen LogP contribution in [0.5, 0.6) is 0 Å². The fourth-order valence-electron chi connectivity index (χ4n) is 6.95. The summed E-state index contributed by atoms with van der Waals surface area (Å²) in [6, 6.07) is 40.5. The zero-order chi connectivity index (χ0) is 38.6. The first-order chi connectivity index (χ1) is 24.5. The van der Waals surface area contributed by atoms with Gasteiger partial charge in [0.1, 0.15) is 0 Å². The molecule has 0 aliphatic carbocycles. The van der Waals surface area contributed by atoms with Gasteiger partial charge in [-0.15, -0.1) is 69.1 Å². The van der Waals surface area contributed by atoms with Crippen molar-refractivity contribution in [2.45, 2.75) is 106 Å². The normalized spacial score (nSPS) is 11.4. The van der Waals surface area contributed by atoms with Crippen molar-refractivity contribution in [2.75, 3.05) is 0 Å². The van der Waals surface area contributed by atoms with Crippen LogP contribution in [0.3, 0.4) is 0 Å². The van der Waals surface area contributed by atoms with Gasteiger partial charge in [-0.05, 0) is 46.6 Å². The average molecular weight is 827 g/mol. The molecule has 0 fully saturated rings. The van der Waals surface area contributed by atoms with Gasteiger partial charge < -0.3 is 0 Å². The van der Waals surface area contributed by atoms with Crippen molar-refractivity contribution in [3.05, 3.63) is 131 Å². The SMILES string of the molecule is CC(C)Cc1cc2c(-c3ccccc3)c(C(C)(C)C)ccc2[cH-]1.CC(C)Cc1cc2c(-c3ccccc3)c(C(C)(C)C)ccc2[cH-]1.C[Si]C.[Cl][Zr+2][Cl]. The van der Waals surface area contributed by atoms with Gasteiger partial charge in [0, 0.05) is 9.52 Å². The summed E-state index contributed by atoms with van der Waals surface area (Å²) in [7, 11) is 11.0. The number of benzene rings is 4. The molecule has 6 aromatic rings. The molecule has 52 heavy (non-hydrogen) atoms. The Balaban J connectivity index is 0.000000244. The van der Waals surface area contributed by atoms with Crippen molar-refractivity contribution in [1.29, 1.82) is 0 Å². The molecule has 0 aliphatic heterocycles. The Labute approximate surface area is 338 Å². The molecule has 6 rings (SSSR count). The van der Waals surface area contributed by atoms with Gasteiger partial charge in [-0.1, -0.05) is 165 Å². The standard InChI is InChI=1S/2C23H27.C2H6Si.2ClH.Zr/c2*1-16(2)13-17-14-19-11-12-21(23(3,4)5)22(20(19)15-17)18-9-7-6-8-10-18;1-3-2;;;/h2*6-12,14-16H,13H2,1-5H3;1-2H3;2*1H;/q2*-1;;;;+4/p-2. The van der Waals surface area contributed by atoms with Gasteiger partial charge in [-0.2, -0.15) is 12.1 Å². The minimum atomic E-state index is -0.826. The van der Waals surface area contributed by atoms with Gasteiger partial charge in [-0.25, -0.2) is 0 Å². The van der Waals surface area contributed by atoms with Crippen molar-refractivity contribution in [3.8, 4) is 22.3 Å². The Bertz CT molecular complexity index is 1790. The molecule has 4 heteroatoms. The van der Waals surface area contributed by atoms with Gasteiger partial charge in [0.15, 0.2) is 0 Å². The number of rotatable bonds is 6. The van der Waals surface area contributed by atoms with Gasteiger partial charge in [-0.3, -0.25) is 0 Å². The molecule has 0 atom stereocenters. The maximum absolute atomic E-state index is 4.93. The van der Waals surface area contributed by atoms with E-state index in [9.17, 15) is 0 Å². The molecule has 0 bridgehead atoms. The fourth-order valence-corrected chi connectivity index (χ4v) is 6.95. The summed E-state index contributed by atoms with van der Waals surface area (Å²) in [5, 5.41) is 5.54. The van der Waals surface area contributed by atoms with Crippen molar-refractivity contribution in [1.82, 2.24) is 0 Å². The van der Waals surface area contributed by atoms with E-state index in [2.05, 4.69) is 192 Å².